The first-order chi connectivity index (χ1) is 14.0. The van der Waals surface area contributed by atoms with Crippen LogP contribution in [0.5, 0.6) is 5.75 Å². The van der Waals surface area contributed by atoms with Gasteiger partial charge in [-0.1, -0.05) is 26.0 Å². The van der Waals surface area contributed by atoms with E-state index in [1.165, 1.54) is 0 Å². The summed E-state index contributed by atoms with van der Waals surface area (Å²) in [5.74, 6) is 1.21. The van der Waals surface area contributed by atoms with Crippen LogP contribution in [-0.2, 0) is 0 Å². The highest BCUT2D eigenvalue weighted by molar-refractivity contribution is 5.98. The number of ether oxygens (including phenoxy) is 1. The lowest BCUT2D eigenvalue weighted by Crippen LogP contribution is -2.49. The maximum atomic E-state index is 14.8. The largest absolute Gasteiger partial charge is 0.493 e. The minimum atomic E-state index is -0.274. The van der Waals surface area contributed by atoms with Gasteiger partial charge in [-0.2, -0.15) is 0 Å². The predicted molar refractivity (Wildman–Crippen MR) is 113 cm³/mol. The molecule has 3 aromatic rings. The highest BCUT2D eigenvalue weighted by Crippen LogP contribution is 2.28. The number of carbonyl (C=O) groups excluding carboxylic acids is 1. The van der Waals surface area contributed by atoms with E-state index in [0.717, 1.165) is 11.6 Å². The third kappa shape index (κ3) is 3.52. The number of nitrogens with one attached hydrogen (secondary N) is 1. The number of H-pyrrole nitrogens is 1. The first-order valence-electron chi connectivity index (χ1n) is 9.84. The number of rotatable bonds is 4. The van der Waals surface area contributed by atoms with Gasteiger partial charge in [0.1, 0.15) is 5.69 Å². The molecular formula is C22H27FN4O2. The number of anilines is 1. The molecule has 0 unspecified atom stereocenters. The molecule has 0 bridgehead atoms. The van der Waals surface area contributed by atoms with E-state index in [9.17, 15) is 9.18 Å². The number of amides is 1. The highest BCUT2D eigenvalue weighted by Gasteiger charge is 2.26. The quantitative estimate of drug-likeness (QED) is 0.720. The maximum absolute atomic E-state index is 14.8. The molecule has 1 aliphatic heterocycles. The number of pyridine rings is 1. The number of carbonyl (C=O) groups is 1. The second-order valence-corrected chi connectivity index (χ2v) is 7.58. The lowest BCUT2D eigenvalue weighted by Gasteiger charge is -2.35. The van der Waals surface area contributed by atoms with Crippen LogP contribution < -0.4 is 9.64 Å². The summed E-state index contributed by atoms with van der Waals surface area (Å²) in [4.78, 5) is 24.3. The smallest absolute Gasteiger partial charge is 0.270 e. The summed E-state index contributed by atoms with van der Waals surface area (Å²) in [6.45, 7) is 6.35. The number of benzene rings is 1. The van der Waals surface area contributed by atoms with Crippen LogP contribution in [0.25, 0.3) is 10.9 Å². The first kappa shape index (κ1) is 19.2. The Morgan fingerprint density at radius 2 is 2.00 bits per heavy atom. The Morgan fingerprint density at radius 1 is 1.24 bits per heavy atom. The van der Waals surface area contributed by atoms with Gasteiger partial charge in [0.25, 0.3) is 5.91 Å². The van der Waals surface area contributed by atoms with E-state index in [4.69, 9.17) is 4.74 Å². The molecule has 0 atom stereocenters. The first-order valence-corrected chi connectivity index (χ1v) is 9.84. The van der Waals surface area contributed by atoms with Gasteiger partial charge >= 0.3 is 0 Å². The predicted octanol–water partition coefficient (Wildman–Crippen LogP) is 4.04. The van der Waals surface area contributed by atoms with E-state index in [2.05, 4.69) is 14.9 Å². The number of hydrogen-bond donors (Lipinski definition) is 1. The van der Waals surface area contributed by atoms with E-state index in [1.54, 1.807) is 30.3 Å². The number of piperazine rings is 1. The van der Waals surface area contributed by atoms with Crippen LogP contribution in [0.3, 0.4) is 0 Å². The second-order valence-electron chi connectivity index (χ2n) is 7.58. The van der Waals surface area contributed by atoms with Gasteiger partial charge in [0.15, 0.2) is 17.4 Å². The number of fused-ring (bicyclic) bond motifs is 1. The van der Waals surface area contributed by atoms with Crippen LogP contribution in [0, 0.1) is 5.82 Å². The van der Waals surface area contributed by atoms with E-state index in [0.29, 0.717) is 48.3 Å². The molecule has 154 valence electrons. The lowest BCUT2D eigenvalue weighted by molar-refractivity contribution is 0.0741. The Hall–Kier alpha value is -3.09. The Kier molecular flexibility index (Phi) is 5.13. The van der Waals surface area contributed by atoms with Crippen molar-refractivity contribution in [2.75, 3.05) is 38.2 Å². The minimum absolute atomic E-state index is 0. The third-order valence-corrected chi connectivity index (χ3v) is 5.45. The number of hydrogen-bond acceptors (Lipinski definition) is 4. The molecular weight excluding hydrogens is 371 g/mol. The topological polar surface area (TPSA) is 61.5 Å². The monoisotopic (exact) mass is 398 g/mol. The molecule has 3 heterocycles. The average molecular weight is 398 g/mol. The zero-order valence-electron chi connectivity index (χ0n) is 16.9. The van der Waals surface area contributed by atoms with Gasteiger partial charge in [-0.05, 0) is 29.7 Å². The van der Waals surface area contributed by atoms with Crippen molar-refractivity contribution < 1.29 is 15.3 Å². The number of methoxy groups -OCH3 is 1. The summed E-state index contributed by atoms with van der Waals surface area (Å²) in [7, 11) is 1.63. The van der Waals surface area contributed by atoms with Crippen LogP contribution in [-0.4, -0.2) is 54.1 Å². The number of aromatic amines is 1. The van der Waals surface area contributed by atoms with Crippen molar-refractivity contribution in [2.45, 2.75) is 19.8 Å². The van der Waals surface area contributed by atoms with Crippen LogP contribution >= 0.6 is 0 Å². The van der Waals surface area contributed by atoms with Gasteiger partial charge in [0.2, 0.25) is 0 Å². The zero-order valence-corrected chi connectivity index (χ0v) is 16.9. The molecule has 1 N–H and O–H groups in total. The molecule has 4 rings (SSSR count). The Balaban J connectivity index is 0.00000256. The molecule has 2 aromatic heterocycles. The van der Waals surface area contributed by atoms with E-state index >= 15 is 0 Å². The van der Waals surface area contributed by atoms with Crippen LogP contribution in [0.15, 0.2) is 36.5 Å². The maximum Gasteiger partial charge on any atom is 0.270 e. The van der Waals surface area contributed by atoms with Gasteiger partial charge in [0.05, 0.1) is 12.6 Å². The van der Waals surface area contributed by atoms with Crippen molar-refractivity contribution in [3.05, 3.63) is 53.6 Å². The Morgan fingerprint density at radius 3 is 2.69 bits per heavy atom. The van der Waals surface area contributed by atoms with Gasteiger partial charge in [-0.25, -0.2) is 9.37 Å². The van der Waals surface area contributed by atoms with Crippen molar-refractivity contribution in [3.8, 4) is 5.75 Å². The molecule has 0 aliphatic carbocycles. The van der Waals surface area contributed by atoms with Crippen molar-refractivity contribution >= 4 is 22.6 Å². The SMILES string of the molecule is COc1cccnc1N1CCN(C(=O)c2cc3ccc(C(C)C)c(F)c3[nH]2)CC1.[HH]. The third-order valence-electron chi connectivity index (χ3n) is 5.45. The molecule has 7 heteroatoms. The van der Waals surface area contributed by atoms with Crippen molar-refractivity contribution in [1.82, 2.24) is 14.9 Å². The molecule has 0 radical (unpaired) electrons. The standard InChI is InChI=1S/C22H25FN4O2.H2/c1-14(2)16-7-6-15-13-17(25-20(15)19(16)23)22(28)27-11-9-26(10-12-27)21-18(29-3)5-4-8-24-21;/h4-8,13-14,25H,9-12H2,1-3H3;1H. The summed E-state index contributed by atoms with van der Waals surface area (Å²) in [6.07, 6.45) is 1.74. The minimum Gasteiger partial charge on any atom is -0.493 e. The summed E-state index contributed by atoms with van der Waals surface area (Å²) in [6, 6.07) is 9.11. The van der Waals surface area contributed by atoms with Crippen molar-refractivity contribution in [3.63, 3.8) is 0 Å². The van der Waals surface area contributed by atoms with E-state index < -0.39 is 0 Å². The molecule has 1 aromatic carbocycles. The van der Waals surface area contributed by atoms with E-state index in [1.807, 2.05) is 32.0 Å². The Bertz CT molecular complexity index is 1040. The fraction of sp³-hybridized carbons (Fsp3) is 0.364. The van der Waals surface area contributed by atoms with Crippen LogP contribution in [0.4, 0.5) is 10.2 Å². The summed E-state index contributed by atoms with van der Waals surface area (Å²) in [5, 5.41) is 0.715. The number of aromatic nitrogens is 2. The van der Waals surface area contributed by atoms with Crippen molar-refractivity contribution in [2.24, 2.45) is 0 Å². The molecule has 1 aliphatic rings. The average Bonchev–Trinajstić information content (AvgIpc) is 3.18. The van der Waals surface area contributed by atoms with Gasteiger partial charge in [0, 0.05) is 39.2 Å². The summed E-state index contributed by atoms with van der Waals surface area (Å²) < 4.78 is 20.2. The molecule has 1 fully saturated rings. The second kappa shape index (κ2) is 7.73. The van der Waals surface area contributed by atoms with Crippen LogP contribution in [0.2, 0.25) is 0 Å². The Labute approximate surface area is 170 Å². The van der Waals surface area contributed by atoms with Gasteiger partial charge in [-0.15, -0.1) is 0 Å². The zero-order chi connectivity index (χ0) is 20.5. The lowest BCUT2D eigenvalue weighted by atomic mass is 10.0. The number of halogens is 1. The molecule has 0 saturated carbocycles. The van der Waals surface area contributed by atoms with E-state index in [-0.39, 0.29) is 19.1 Å². The fourth-order valence-corrected chi connectivity index (χ4v) is 3.81. The molecule has 29 heavy (non-hydrogen) atoms. The number of nitrogens with zero attached hydrogens (tertiary/aromatic N) is 3. The summed E-state index contributed by atoms with van der Waals surface area (Å²) in [5.41, 5.74) is 1.47. The fourth-order valence-electron chi connectivity index (χ4n) is 3.81. The van der Waals surface area contributed by atoms with Crippen LogP contribution in [0.1, 0.15) is 37.2 Å². The van der Waals surface area contributed by atoms with Gasteiger partial charge < -0.3 is 19.5 Å². The van der Waals surface area contributed by atoms with Gasteiger partial charge in [-0.3, -0.25) is 4.79 Å². The van der Waals surface area contributed by atoms with Crippen molar-refractivity contribution in [1.29, 1.82) is 0 Å². The molecule has 6 nitrogen and oxygen atoms in total. The molecule has 1 amide bonds. The normalized spacial score (nSPS) is 14.7. The highest BCUT2D eigenvalue weighted by atomic mass is 19.1. The molecule has 0 spiro atoms. The molecule has 1 saturated heterocycles. The summed E-state index contributed by atoms with van der Waals surface area (Å²) >= 11 is 0.